The van der Waals surface area contributed by atoms with Crippen molar-refractivity contribution in [2.45, 2.75) is 26.8 Å². The number of aromatic nitrogens is 1. The summed E-state index contributed by atoms with van der Waals surface area (Å²) in [6.45, 7) is 7.70. The van der Waals surface area contributed by atoms with Gasteiger partial charge in [0.1, 0.15) is 0 Å². The smallest absolute Gasteiger partial charge is 0.338 e. The molecule has 0 unspecified atom stereocenters. The molecule has 256 valence electrons. The standard InChI is InChI=1S/C34H39N3O10S/c1-7-45-24-15-21(9-10-23(24)47-19-28(38)36-11-13-44-14-12-36)16-27-32(39)37-30(22-17-25(41-4)31(43-6)26(18-22)42-5)29(33(40)46-8-2)20(3)35-34(37)48-27/h9-10,15-18,30H,7-8,11-14,19H2,1-6H3/b27-16+/t30-/m1/s1. The van der Waals surface area contributed by atoms with Crippen LogP contribution in [-0.4, -0.2) is 88.8 Å². The molecule has 1 saturated heterocycles. The number of amides is 1. The molecule has 3 aromatic rings. The molecule has 0 N–H and O–H groups in total. The summed E-state index contributed by atoms with van der Waals surface area (Å²) in [7, 11) is 4.49. The summed E-state index contributed by atoms with van der Waals surface area (Å²) in [5.74, 6) is 1.23. The van der Waals surface area contributed by atoms with E-state index in [-0.39, 0.29) is 30.3 Å². The number of hydrogen-bond acceptors (Lipinski definition) is 12. The van der Waals surface area contributed by atoms with Gasteiger partial charge in [-0.2, -0.15) is 0 Å². The van der Waals surface area contributed by atoms with Crippen LogP contribution in [0.15, 0.2) is 51.4 Å². The number of ether oxygens (including phenoxy) is 7. The number of benzene rings is 2. The van der Waals surface area contributed by atoms with Gasteiger partial charge in [-0.25, -0.2) is 9.79 Å². The molecule has 5 rings (SSSR count). The zero-order valence-corrected chi connectivity index (χ0v) is 28.6. The van der Waals surface area contributed by atoms with Gasteiger partial charge in [0.15, 0.2) is 34.4 Å². The summed E-state index contributed by atoms with van der Waals surface area (Å²) in [6, 6.07) is 7.76. The van der Waals surface area contributed by atoms with Crippen LogP contribution in [0, 0.1) is 0 Å². The van der Waals surface area contributed by atoms with Crippen molar-refractivity contribution in [2.75, 3.05) is 67.5 Å². The van der Waals surface area contributed by atoms with Crippen LogP contribution in [0.5, 0.6) is 28.7 Å². The van der Waals surface area contributed by atoms with Gasteiger partial charge < -0.3 is 38.1 Å². The third kappa shape index (κ3) is 7.04. The molecule has 0 spiro atoms. The summed E-state index contributed by atoms with van der Waals surface area (Å²) in [6.07, 6.45) is 1.73. The Labute approximate surface area is 281 Å². The Morgan fingerprint density at radius 2 is 1.67 bits per heavy atom. The molecule has 0 radical (unpaired) electrons. The molecular formula is C34H39N3O10S. The van der Waals surface area contributed by atoms with E-state index in [4.69, 9.17) is 33.2 Å². The molecule has 0 saturated carbocycles. The minimum absolute atomic E-state index is 0.134. The zero-order chi connectivity index (χ0) is 34.4. The lowest BCUT2D eigenvalue weighted by Crippen LogP contribution is -2.43. The van der Waals surface area contributed by atoms with E-state index >= 15 is 0 Å². The number of esters is 1. The fourth-order valence-corrected chi connectivity index (χ4v) is 6.61. The van der Waals surface area contributed by atoms with E-state index in [1.54, 1.807) is 55.2 Å². The van der Waals surface area contributed by atoms with Gasteiger partial charge in [0, 0.05) is 13.1 Å². The number of hydrogen-bond donors (Lipinski definition) is 0. The van der Waals surface area contributed by atoms with Crippen LogP contribution < -0.4 is 38.6 Å². The van der Waals surface area contributed by atoms with Gasteiger partial charge in [-0.15, -0.1) is 0 Å². The summed E-state index contributed by atoms with van der Waals surface area (Å²) in [4.78, 5) is 46.9. The first kappa shape index (κ1) is 34.5. The van der Waals surface area contributed by atoms with Gasteiger partial charge in [0.2, 0.25) is 5.75 Å². The van der Waals surface area contributed by atoms with Gasteiger partial charge in [-0.1, -0.05) is 17.4 Å². The second-order valence-corrected chi connectivity index (χ2v) is 11.7. The minimum Gasteiger partial charge on any atom is -0.493 e. The number of nitrogens with zero attached hydrogens (tertiary/aromatic N) is 3. The van der Waals surface area contributed by atoms with Crippen LogP contribution in [-0.2, 0) is 19.1 Å². The Morgan fingerprint density at radius 3 is 2.29 bits per heavy atom. The molecule has 1 aromatic heterocycles. The van der Waals surface area contributed by atoms with E-state index in [9.17, 15) is 14.4 Å². The summed E-state index contributed by atoms with van der Waals surface area (Å²) in [5.41, 5.74) is 1.49. The van der Waals surface area contributed by atoms with Gasteiger partial charge in [0.05, 0.1) is 69.6 Å². The number of carbonyl (C=O) groups excluding carboxylic acids is 2. The van der Waals surface area contributed by atoms with Gasteiger partial charge >= 0.3 is 5.97 Å². The van der Waals surface area contributed by atoms with E-state index in [0.29, 0.717) is 87.8 Å². The van der Waals surface area contributed by atoms with Gasteiger partial charge in [0.25, 0.3) is 11.5 Å². The van der Waals surface area contributed by atoms with Crippen molar-refractivity contribution in [3.63, 3.8) is 0 Å². The van der Waals surface area contributed by atoms with E-state index in [2.05, 4.69) is 4.99 Å². The SMILES string of the molecule is CCOC(=O)C1=C(C)N=c2s/c(=C/c3ccc(OCC(=O)N4CCOCC4)c(OCC)c3)c(=O)n2[C@@H]1c1cc(OC)c(OC)c(OC)c1. The second-order valence-electron chi connectivity index (χ2n) is 10.7. The number of thiazole rings is 1. The van der Waals surface area contributed by atoms with E-state index in [1.165, 1.54) is 37.2 Å². The summed E-state index contributed by atoms with van der Waals surface area (Å²) < 4.78 is 41.0. The highest BCUT2D eigenvalue weighted by atomic mass is 32.1. The lowest BCUT2D eigenvalue weighted by Gasteiger charge is -2.26. The number of carbonyl (C=O) groups is 2. The van der Waals surface area contributed by atoms with Crippen molar-refractivity contribution in [1.82, 2.24) is 9.47 Å². The maximum atomic E-state index is 14.2. The quantitative estimate of drug-likeness (QED) is 0.262. The van der Waals surface area contributed by atoms with Crippen molar-refractivity contribution in [3.8, 4) is 28.7 Å². The van der Waals surface area contributed by atoms with Crippen molar-refractivity contribution in [2.24, 2.45) is 4.99 Å². The predicted octanol–water partition coefficient (Wildman–Crippen LogP) is 2.46. The second kappa shape index (κ2) is 15.4. The summed E-state index contributed by atoms with van der Waals surface area (Å²) >= 11 is 1.19. The molecule has 1 atom stereocenters. The fourth-order valence-electron chi connectivity index (χ4n) is 5.56. The Balaban J connectivity index is 1.57. The Kier molecular flexibility index (Phi) is 11.1. The minimum atomic E-state index is -0.894. The molecule has 0 bridgehead atoms. The van der Waals surface area contributed by atoms with Gasteiger partial charge in [-0.3, -0.25) is 14.2 Å². The molecular weight excluding hydrogens is 642 g/mol. The molecule has 1 amide bonds. The fraction of sp³-hybridized carbons (Fsp3) is 0.412. The predicted molar refractivity (Wildman–Crippen MR) is 177 cm³/mol. The Bertz CT molecular complexity index is 1870. The van der Waals surface area contributed by atoms with Crippen molar-refractivity contribution in [1.29, 1.82) is 0 Å². The van der Waals surface area contributed by atoms with Crippen LogP contribution in [0.25, 0.3) is 6.08 Å². The van der Waals surface area contributed by atoms with Crippen molar-refractivity contribution in [3.05, 3.63) is 72.4 Å². The van der Waals surface area contributed by atoms with E-state index in [0.717, 1.165) is 0 Å². The van der Waals surface area contributed by atoms with Crippen LogP contribution in [0.4, 0.5) is 0 Å². The average molecular weight is 682 g/mol. The topological polar surface area (TPSA) is 136 Å². The number of methoxy groups -OCH3 is 3. The molecule has 48 heavy (non-hydrogen) atoms. The Morgan fingerprint density at radius 1 is 0.958 bits per heavy atom. The molecule has 13 nitrogen and oxygen atoms in total. The van der Waals surface area contributed by atoms with Crippen LogP contribution in [0.3, 0.4) is 0 Å². The highest BCUT2D eigenvalue weighted by Gasteiger charge is 2.35. The van der Waals surface area contributed by atoms with E-state index in [1.807, 2.05) is 6.92 Å². The largest absolute Gasteiger partial charge is 0.493 e. The number of rotatable bonds is 12. The molecule has 1 fully saturated rings. The van der Waals surface area contributed by atoms with Crippen molar-refractivity contribution < 1.29 is 42.7 Å². The average Bonchev–Trinajstić information content (AvgIpc) is 3.40. The van der Waals surface area contributed by atoms with Crippen molar-refractivity contribution >= 4 is 29.3 Å². The van der Waals surface area contributed by atoms with Gasteiger partial charge in [-0.05, 0) is 62.2 Å². The molecule has 0 aliphatic carbocycles. The highest BCUT2D eigenvalue weighted by Crippen LogP contribution is 2.42. The van der Waals surface area contributed by atoms with Crippen LogP contribution >= 0.6 is 11.3 Å². The maximum absolute atomic E-state index is 14.2. The molecule has 2 aliphatic heterocycles. The molecule has 2 aromatic carbocycles. The highest BCUT2D eigenvalue weighted by molar-refractivity contribution is 7.07. The molecule has 14 heteroatoms. The zero-order valence-electron chi connectivity index (χ0n) is 27.8. The first-order valence-electron chi connectivity index (χ1n) is 15.5. The third-order valence-electron chi connectivity index (χ3n) is 7.80. The third-order valence-corrected chi connectivity index (χ3v) is 8.78. The lowest BCUT2D eigenvalue weighted by molar-refractivity contribution is -0.139. The number of morpholine rings is 1. The van der Waals surface area contributed by atoms with Crippen LogP contribution in [0.2, 0.25) is 0 Å². The number of allylic oxidation sites excluding steroid dienone is 1. The molecule has 3 heterocycles. The Hall–Kier alpha value is -4.82. The molecule has 2 aliphatic rings. The number of fused-ring (bicyclic) bond motifs is 1. The van der Waals surface area contributed by atoms with Crippen LogP contribution in [0.1, 0.15) is 37.9 Å². The monoisotopic (exact) mass is 681 g/mol. The lowest BCUT2D eigenvalue weighted by atomic mass is 9.95. The first-order valence-corrected chi connectivity index (χ1v) is 16.3. The summed E-state index contributed by atoms with van der Waals surface area (Å²) in [5, 5.41) is 0. The first-order chi connectivity index (χ1) is 23.2. The van der Waals surface area contributed by atoms with E-state index < -0.39 is 12.0 Å². The maximum Gasteiger partial charge on any atom is 0.338 e. The normalized spacial score (nSPS) is 16.2.